The van der Waals surface area contributed by atoms with E-state index in [4.69, 9.17) is 28.9 Å². The predicted octanol–water partition coefficient (Wildman–Crippen LogP) is 1.30. The molecule has 0 radical (unpaired) electrons. The van der Waals surface area contributed by atoms with Crippen molar-refractivity contribution in [3.8, 4) is 0 Å². The Morgan fingerprint density at radius 2 is 2.04 bits per heavy atom. The summed E-state index contributed by atoms with van der Waals surface area (Å²) in [6.07, 6.45) is 0. The molecule has 0 spiro atoms. The van der Waals surface area contributed by atoms with Crippen LogP contribution in [0.1, 0.15) is 16.1 Å². The summed E-state index contributed by atoms with van der Waals surface area (Å²) in [5.74, 6) is 0.0369. The van der Waals surface area contributed by atoms with Crippen LogP contribution in [0.5, 0.6) is 0 Å². The van der Waals surface area contributed by atoms with Crippen molar-refractivity contribution in [2.75, 3.05) is 36.4 Å². The van der Waals surface area contributed by atoms with Gasteiger partial charge in [0, 0.05) is 42.8 Å². The fourth-order valence-electron chi connectivity index (χ4n) is 2.45. The first kappa shape index (κ1) is 17.7. The van der Waals surface area contributed by atoms with Gasteiger partial charge in [-0.3, -0.25) is 4.79 Å². The number of hydrogen-bond donors (Lipinski definition) is 3. The van der Waals surface area contributed by atoms with Crippen LogP contribution in [-0.2, 0) is 6.54 Å². The van der Waals surface area contributed by atoms with Gasteiger partial charge < -0.3 is 21.3 Å². The molecule has 1 aliphatic rings. The zero-order valence-corrected chi connectivity index (χ0v) is 14.8. The standard InChI is InChI=1S/C15H17Cl2N7O/c16-10-2-1-9(11(17)7-10)8-20-14-12(13(18)25)22-23-15(21-14)24-5-3-19-4-6-24/h1-2,7,19H,3-6,8H2,(H2,18,25)(H,20,21,23). The van der Waals surface area contributed by atoms with Gasteiger partial charge in [0.1, 0.15) is 0 Å². The van der Waals surface area contributed by atoms with Crippen LogP contribution in [0.15, 0.2) is 18.2 Å². The maximum atomic E-state index is 11.6. The Bertz CT molecular complexity index is 780. The smallest absolute Gasteiger partial charge is 0.273 e. The third-order valence-corrected chi connectivity index (χ3v) is 4.36. The van der Waals surface area contributed by atoms with Crippen LogP contribution < -0.4 is 21.3 Å². The number of nitrogens with zero attached hydrogens (tertiary/aromatic N) is 4. The number of nitrogens with two attached hydrogens (primary N) is 1. The molecule has 1 saturated heterocycles. The van der Waals surface area contributed by atoms with Crippen molar-refractivity contribution < 1.29 is 4.79 Å². The number of hydrogen-bond acceptors (Lipinski definition) is 7. The Labute approximate surface area is 154 Å². The molecule has 0 bridgehead atoms. The summed E-state index contributed by atoms with van der Waals surface area (Å²) < 4.78 is 0. The maximum absolute atomic E-state index is 11.6. The molecule has 0 atom stereocenters. The summed E-state index contributed by atoms with van der Waals surface area (Å²) in [4.78, 5) is 18.0. The zero-order chi connectivity index (χ0) is 17.8. The number of primary amides is 1. The van der Waals surface area contributed by atoms with Gasteiger partial charge in [0.15, 0.2) is 11.5 Å². The van der Waals surface area contributed by atoms with Crippen LogP contribution in [-0.4, -0.2) is 47.3 Å². The lowest BCUT2D eigenvalue weighted by atomic mass is 10.2. The Kier molecular flexibility index (Phi) is 5.52. The van der Waals surface area contributed by atoms with Crippen molar-refractivity contribution in [1.82, 2.24) is 20.5 Å². The molecule has 1 aromatic heterocycles. The molecular weight excluding hydrogens is 365 g/mol. The van der Waals surface area contributed by atoms with E-state index in [1.165, 1.54) is 0 Å². The Morgan fingerprint density at radius 3 is 2.72 bits per heavy atom. The van der Waals surface area contributed by atoms with E-state index in [1.807, 2.05) is 4.90 Å². The fourth-order valence-corrected chi connectivity index (χ4v) is 2.92. The number of rotatable bonds is 5. The molecular formula is C15H17Cl2N7O. The monoisotopic (exact) mass is 381 g/mol. The number of nitrogens with one attached hydrogen (secondary N) is 2. The number of aromatic nitrogens is 3. The molecule has 0 aliphatic carbocycles. The fraction of sp³-hybridized carbons (Fsp3) is 0.333. The van der Waals surface area contributed by atoms with Gasteiger partial charge >= 0.3 is 0 Å². The highest BCUT2D eigenvalue weighted by atomic mass is 35.5. The highest BCUT2D eigenvalue weighted by molar-refractivity contribution is 6.35. The quantitative estimate of drug-likeness (QED) is 0.715. The largest absolute Gasteiger partial charge is 0.364 e. The van der Waals surface area contributed by atoms with E-state index in [-0.39, 0.29) is 11.5 Å². The summed E-state index contributed by atoms with van der Waals surface area (Å²) in [6, 6.07) is 5.19. The van der Waals surface area contributed by atoms with Gasteiger partial charge in [-0.05, 0) is 17.7 Å². The van der Waals surface area contributed by atoms with Crippen LogP contribution in [0.3, 0.4) is 0 Å². The van der Waals surface area contributed by atoms with Crippen LogP contribution in [0.4, 0.5) is 11.8 Å². The number of carbonyl (C=O) groups excluding carboxylic acids is 1. The lowest BCUT2D eigenvalue weighted by molar-refractivity contribution is 0.0995. The van der Waals surface area contributed by atoms with E-state index in [2.05, 4.69) is 25.8 Å². The van der Waals surface area contributed by atoms with Gasteiger partial charge in [-0.2, -0.15) is 4.98 Å². The molecule has 2 heterocycles. The zero-order valence-electron chi connectivity index (χ0n) is 13.3. The highest BCUT2D eigenvalue weighted by Crippen LogP contribution is 2.22. The number of carbonyl (C=O) groups is 1. The minimum Gasteiger partial charge on any atom is -0.364 e. The number of anilines is 2. The topological polar surface area (TPSA) is 109 Å². The average molecular weight is 382 g/mol. The molecule has 4 N–H and O–H groups in total. The molecule has 1 aromatic carbocycles. The lowest BCUT2D eigenvalue weighted by Gasteiger charge is -2.27. The molecule has 1 aliphatic heterocycles. The van der Waals surface area contributed by atoms with Gasteiger partial charge in [-0.15, -0.1) is 10.2 Å². The van der Waals surface area contributed by atoms with E-state index in [0.29, 0.717) is 22.5 Å². The third kappa shape index (κ3) is 4.28. The van der Waals surface area contributed by atoms with E-state index < -0.39 is 5.91 Å². The highest BCUT2D eigenvalue weighted by Gasteiger charge is 2.19. The van der Waals surface area contributed by atoms with Crippen molar-refractivity contribution in [1.29, 1.82) is 0 Å². The minimum atomic E-state index is -0.698. The number of piperazine rings is 1. The van der Waals surface area contributed by atoms with Gasteiger partial charge in [-0.25, -0.2) is 0 Å². The SMILES string of the molecule is NC(=O)c1nnc(N2CCNCC2)nc1NCc1ccc(Cl)cc1Cl. The summed E-state index contributed by atoms with van der Waals surface area (Å²) in [7, 11) is 0. The molecule has 132 valence electrons. The Hall–Kier alpha value is -2.16. The second-order valence-corrected chi connectivity index (χ2v) is 6.34. The summed E-state index contributed by atoms with van der Waals surface area (Å²) in [6.45, 7) is 3.55. The van der Waals surface area contributed by atoms with Crippen LogP contribution >= 0.6 is 23.2 Å². The third-order valence-electron chi connectivity index (χ3n) is 3.77. The first-order valence-corrected chi connectivity index (χ1v) is 8.48. The Morgan fingerprint density at radius 1 is 1.28 bits per heavy atom. The number of halogens is 2. The first-order valence-electron chi connectivity index (χ1n) is 7.72. The van der Waals surface area contributed by atoms with E-state index >= 15 is 0 Å². The van der Waals surface area contributed by atoms with Crippen molar-refractivity contribution in [3.05, 3.63) is 39.5 Å². The lowest BCUT2D eigenvalue weighted by Crippen LogP contribution is -2.44. The average Bonchev–Trinajstić information content (AvgIpc) is 2.61. The van der Waals surface area contributed by atoms with Crippen molar-refractivity contribution >= 4 is 40.9 Å². The molecule has 2 aromatic rings. The second kappa shape index (κ2) is 7.81. The van der Waals surface area contributed by atoms with Crippen molar-refractivity contribution in [2.24, 2.45) is 5.73 Å². The minimum absolute atomic E-state index is 0.0102. The van der Waals surface area contributed by atoms with Crippen LogP contribution in [0.2, 0.25) is 10.0 Å². The summed E-state index contributed by atoms with van der Waals surface area (Å²) in [5, 5.41) is 15.3. The number of amides is 1. The summed E-state index contributed by atoms with van der Waals surface area (Å²) >= 11 is 12.1. The Balaban J connectivity index is 1.83. The first-order chi connectivity index (χ1) is 12.0. The molecule has 8 nitrogen and oxygen atoms in total. The van der Waals surface area contributed by atoms with Crippen LogP contribution in [0.25, 0.3) is 0 Å². The number of benzene rings is 1. The van der Waals surface area contributed by atoms with Gasteiger partial charge in [0.2, 0.25) is 5.95 Å². The molecule has 0 unspecified atom stereocenters. The van der Waals surface area contributed by atoms with Crippen molar-refractivity contribution in [3.63, 3.8) is 0 Å². The normalized spacial score (nSPS) is 14.4. The van der Waals surface area contributed by atoms with E-state index in [9.17, 15) is 4.79 Å². The van der Waals surface area contributed by atoms with Gasteiger partial charge in [-0.1, -0.05) is 29.3 Å². The molecule has 1 fully saturated rings. The van der Waals surface area contributed by atoms with Crippen LogP contribution in [0, 0.1) is 0 Å². The second-order valence-electron chi connectivity index (χ2n) is 5.50. The summed E-state index contributed by atoms with van der Waals surface area (Å²) in [5.41, 5.74) is 6.17. The van der Waals surface area contributed by atoms with Gasteiger partial charge in [0.25, 0.3) is 5.91 Å². The molecule has 1 amide bonds. The van der Waals surface area contributed by atoms with Gasteiger partial charge in [0.05, 0.1) is 0 Å². The molecule has 0 saturated carbocycles. The molecule has 10 heteroatoms. The predicted molar refractivity (Wildman–Crippen MR) is 97.2 cm³/mol. The van der Waals surface area contributed by atoms with Crippen molar-refractivity contribution in [2.45, 2.75) is 6.54 Å². The molecule has 25 heavy (non-hydrogen) atoms. The van der Waals surface area contributed by atoms with E-state index in [1.54, 1.807) is 18.2 Å². The molecule has 3 rings (SSSR count). The maximum Gasteiger partial charge on any atom is 0.273 e. The van der Waals surface area contributed by atoms with E-state index in [0.717, 1.165) is 31.7 Å².